The highest BCUT2D eigenvalue weighted by Gasteiger charge is 2.10. The van der Waals surface area contributed by atoms with Crippen molar-refractivity contribution in [3.8, 4) is 0 Å². The summed E-state index contributed by atoms with van der Waals surface area (Å²) >= 11 is 3.16. The van der Waals surface area contributed by atoms with Crippen LogP contribution in [-0.4, -0.2) is 38.0 Å². The fourth-order valence-corrected chi connectivity index (χ4v) is 1.86. The molecule has 0 spiro atoms. The lowest BCUT2D eigenvalue weighted by atomic mass is 10.2. The molecule has 3 nitrogen and oxygen atoms in total. The van der Waals surface area contributed by atoms with E-state index in [1.54, 1.807) is 6.07 Å². The van der Waals surface area contributed by atoms with E-state index >= 15 is 0 Å². The molecule has 100 valence electrons. The average molecular weight is 317 g/mol. The number of carbonyl (C=O) groups excluding carboxylic acids is 1. The predicted molar refractivity (Wildman–Crippen MR) is 74.2 cm³/mol. The molecule has 18 heavy (non-hydrogen) atoms. The Kier molecular flexibility index (Phi) is 6.29. The molecule has 0 fully saturated rings. The molecule has 0 radical (unpaired) electrons. The number of nitrogens with zero attached hydrogens (tertiary/aromatic N) is 1. The van der Waals surface area contributed by atoms with E-state index in [-0.39, 0.29) is 11.5 Å². The van der Waals surface area contributed by atoms with Crippen LogP contribution in [0.25, 0.3) is 0 Å². The summed E-state index contributed by atoms with van der Waals surface area (Å²) < 4.78 is 14.1. The zero-order valence-corrected chi connectivity index (χ0v) is 12.3. The van der Waals surface area contributed by atoms with Gasteiger partial charge in [-0.2, -0.15) is 0 Å². The molecule has 1 amide bonds. The minimum atomic E-state index is -0.504. The first-order valence-corrected chi connectivity index (χ1v) is 6.68. The van der Waals surface area contributed by atoms with Crippen LogP contribution < -0.4 is 5.32 Å². The lowest BCUT2D eigenvalue weighted by Crippen LogP contribution is -2.26. The van der Waals surface area contributed by atoms with Crippen LogP contribution in [0.3, 0.4) is 0 Å². The Labute approximate surface area is 115 Å². The van der Waals surface area contributed by atoms with Crippen LogP contribution in [0, 0.1) is 5.82 Å². The Balaban J connectivity index is 2.36. The molecular weight excluding hydrogens is 299 g/mol. The van der Waals surface area contributed by atoms with Crippen molar-refractivity contribution in [3.05, 3.63) is 34.1 Å². The maximum absolute atomic E-state index is 13.5. The van der Waals surface area contributed by atoms with Gasteiger partial charge in [-0.05, 0) is 51.7 Å². The molecule has 1 N–H and O–H groups in total. The van der Waals surface area contributed by atoms with Gasteiger partial charge in [0.15, 0.2) is 0 Å². The van der Waals surface area contributed by atoms with Crippen molar-refractivity contribution in [2.24, 2.45) is 0 Å². The van der Waals surface area contributed by atoms with E-state index in [9.17, 15) is 9.18 Å². The fraction of sp³-hybridized carbons (Fsp3) is 0.462. The van der Waals surface area contributed by atoms with Gasteiger partial charge in [0.2, 0.25) is 0 Å². The van der Waals surface area contributed by atoms with Gasteiger partial charge in [0, 0.05) is 11.0 Å². The number of carbonyl (C=O) groups is 1. The lowest BCUT2D eigenvalue weighted by Gasteiger charge is -2.09. The van der Waals surface area contributed by atoms with Crippen LogP contribution in [0.5, 0.6) is 0 Å². The highest BCUT2D eigenvalue weighted by Crippen LogP contribution is 2.15. The zero-order chi connectivity index (χ0) is 13.5. The second-order valence-corrected chi connectivity index (χ2v) is 5.31. The van der Waals surface area contributed by atoms with E-state index in [0.717, 1.165) is 19.4 Å². The zero-order valence-electron chi connectivity index (χ0n) is 10.7. The fourth-order valence-electron chi connectivity index (χ4n) is 1.52. The van der Waals surface area contributed by atoms with Gasteiger partial charge < -0.3 is 10.2 Å². The summed E-state index contributed by atoms with van der Waals surface area (Å²) in [4.78, 5) is 13.8. The smallest absolute Gasteiger partial charge is 0.254 e. The molecule has 1 aromatic rings. The van der Waals surface area contributed by atoms with Crippen molar-refractivity contribution < 1.29 is 9.18 Å². The van der Waals surface area contributed by atoms with Crippen LogP contribution in [0.2, 0.25) is 0 Å². The van der Waals surface area contributed by atoms with Crippen molar-refractivity contribution in [3.63, 3.8) is 0 Å². The highest BCUT2D eigenvalue weighted by atomic mass is 79.9. The standard InChI is InChI=1S/C13H18BrFN2O/c1-17(2)8-4-3-7-16-13(18)11-6-5-10(14)9-12(11)15/h5-6,9H,3-4,7-8H2,1-2H3,(H,16,18). The lowest BCUT2D eigenvalue weighted by molar-refractivity contribution is 0.0948. The molecule has 0 saturated heterocycles. The molecule has 0 aromatic heterocycles. The van der Waals surface area contributed by atoms with Crippen LogP contribution in [0.4, 0.5) is 4.39 Å². The molecule has 0 saturated carbocycles. The number of halogens is 2. The summed E-state index contributed by atoms with van der Waals surface area (Å²) in [5.41, 5.74) is 0.0887. The molecule has 0 heterocycles. The first-order chi connectivity index (χ1) is 8.50. The van der Waals surface area contributed by atoms with Gasteiger partial charge in [0.05, 0.1) is 5.56 Å². The van der Waals surface area contributed by atoms with Gasteiger partial charge in [-0.15, -0.1) is 0 Å². The maximum atomic E-state index is 13.5. The molecule has 0 aliphatic heterocycles. The average Bonchev–Trinajstić information content (AvgIpc) is 2.27. The number of benzene rings is 1. The summed E-state index contributed by atoms with van der Waals surface area (Å²) in [5, 5.41) is 2.72. The number of amides is 1. The molecule has 1 aromatic carbocycles. The van der Waals surface area contributed by atoms with E-state index in [1.807, 2.05) is 14.1 Å². The Hall–Kier alpha value is -0.940. The molecule has 0 unspecified atom stereocenters. The van der Waals surface area contributed by atoms with Crippen molar-refractivity contribution in [1.29, 1.82) is 0 Å². The Morgan fingerprint density at radius 3 is 2.72 bits per heavy atom. The molecular formula is C13H18BrFN2O. The molecule has 0 aliphatic carbocycles. The van der Waals surface area contributed by atoms with E-state index in [1.165, 1.54) is 12.1 Å². The second kappa shape index (κ2) is 7.48. The SMILES string of the molecule is CN(C)CCCCNC(=O)c1ccc(Br)cc1F. The summed E-state index contributed by atoms with van der Waals surface area (Å²) in [5.74, 6) is -0.861. The first kappa shape index (κ1) is 15.1. The summed E-state index contributed by atoms with van der Waals surface area (Å²) in [6, 6.07) is 4.43. The molecule has 5 heteroatoms. The van der Waals surface area contributed by atoms with Crippen molar-refractivity contribution >= 4 is 21.8 Å². The molecule has 0 aliphatic rings. The highest BCUT2D eigenvalue weighted by molar-refractivity contribution is 9.10. The number of unbranched alkanes of at least 4 members (excludes halogenated alkanes) is 1. The molecule has 1 rings (SSSR count). The van der Waals surface area contributed by atoms with E-state index < -0.39 is 5.82 Å². The molecule has 0 atom stereocenters. The maximum Gasteiger partial charge on any atom is 0.254 e. The van der Waals surface area contributed by atoms with Crippen molar-refractivity contribution in [1.82, 2.24) is 10.2 Å². The Morgan fingerprint density at radius 1 is 1.39 bits per heavy atom. The van der Waals surface area contributed by atoms with Crippen molar-refractivity contribution in [2.45, 2.75) is 12.8 Å². The van der Waals surface area contributed by atoms with E-state index in [0.29, 0.717) is 11.0 Å². The number of hydrogen-bond acceptors (Lipinski definition) is 2. The Bertz CT molecular complexity index is 410. The van der Waals surface area contributed by atoms with Crippen LogP contribution in [0.15, 0.2) is 22.7 Å². The minimum absolute atomic E-state index is 0.0887. The van der Waals surface area contributed by atoms with Crippen molar-refractivity contribution in [2.75, 3.05) is 27.2 Å². The predicted octanol–water partition coefficient (Wildman–Crippen LogP) is 2.66. The number of rotatable bonds is 6. The normalized spacial score (nSPS) is 10.7. The quantitative estimate of drug-likeness (QED) is 0.818. The topological polar surface area (TPSA) is 32.3 Å². The van der Waals surface area contributed by atoms with Crippen LogP contribution in [-0.2, 0) is 0 Å². The number of nitrogens with one attached hydrogen (secondary N) is 1. The first-order valence-electron chi connectivity index (χ1n) is 5.88. The van der Waals surface area contributed by atoms with Gasteiger partial charge >= 0.3 is 0 Å². The minimum Gasteiger partial charge on any atom is -0.352 e. The third-order valence-corrected chi connectivity index (χ3v) is 2.99. The second-order valence-electron chi connectivity index (χ2n) is 4.39. The largest absolute Gasteiger partial charge is 0.352 e. The van der Waals surface area contributed by atoms with Gasteiger partial charge in [-0.25, -0.2) is 4.39 Å². The third-order valence-electron chi connectivity index (χ3n) is 2.49. The Morgan fingerprint density at radius 2 is 2.11 bits per heavy atom. The summed E-state index contributed by atoms with van der Waals surface area (Å²) in [6.07, 6.45) is 1.90. The van der Waals surface area contributed by atoms with Crippen LogP contribution >= 0.6 is 15.9 Å². The van der Waals surface area contributed by atoms with Gasteiger partial charge in [0.1, 0.15) is 5.82 Å². The third kappa shape index (κ3) is 5.14. The van der Waals surface area contributed by atoms with Gasteiger partial charge in [0.25, 0.3) is 5.91 Å². The van der Waals surface area contributed by atoms with Crippen LogP contribution in [0.1, 0.15) is 23.2 Å². The molecule has 0 bridgehead atoms. The van der Waals surface area contributed by atoms with Gasteiger partial charge in [-0.1, -0.05) is 15.9 Å². The van der Waals surface area contributed by atoms with Gasteiger partial charge in [-0.3, -0.25) is 4.79 Å². The van der Waals surface area contributed by atoms with E-state index in [4.69, 9.17) is 0 Å². The summed E-state index contributed by atoms with van der Waals surface area (Å²) in [7, 11) is 4.02. The monoisotopic (exact) mass is 316 g/mol. The number of hydrogen-bond donors (Lipinski definition) is 1. The summed E-state index contributed by atoms with van der Waals surface area (Å²) in [6.45, 7) is 1.56. The van der Waals surface area contributed by atoms with E-state index in [2.05, 4.69) is 26.1 Å².